The molecule has 0 fully saturated rings. The topological polar surface area (TPSA) is 73.8 Å². The van der Waals surface area contributed by atoms with Crippen LogP contribution >= 0.6 is 0 Å². The van der Waals surface area contributed by atoms with Crippen LogP contribution < -0.4 is 14.9 Å². The average molecular weight is 401 g/mol. The van der Waals surface area contributed by atoms with E-state index in [1.54, 1.807) is 19.2 Å². The normalized spacial score (nSPS) is 14.9. The number of benzene rings is 2. The Morgan fingerprint density at radius 2 is 1.79 bits per heavy atom. The number of aliphatic imine (C=N–C) groups is 1. The molecular weight excluding hydrogens is 372 g/mol. The second kappa shape index (κ2) is 7.93. The van der Waals surface area contributed by atoms with Crippen molar-refractivity contribution in [3.05, 3.63) is 59.7 Å². The van der Waals surface area contributed by atoms with Crippen molar-refractivity contribution in [3.63, 3.8) is 0 Å². The van der Waals surface area contributed by atoms with Gasteiger partial charge in [0, 0.05) is 31.4 Å². The third-order valence-electron chi connectivity index (χ3n) is 4.49. The molecule has 6 nitrogen and oxygen atoms in total. The van der Waals surface area contributed by atoms with Gasteiger partial charge in [0.1, 0.15) is 0 Å². The highest BCUT2D eigenvalue weighted by Gasteiger charge is 2.25. The average Bonchev–Trinajstić information content (AvgIpc) is 3.05. The first-order valence-corrected chi connectivity index (χ1v) is 10.9. The van der Waals surface area contributed by atoms with Gasteiger partial charge in [-0.15, -0.1) is 0 Å². The highest BCUT2D eigenvalue weighted by Crippen LogP contribution is 2.27. The molecule has 0 aliphatic carbocycles. The first kappa shape index (κ1) is 20.4. The van der Waals surface area contributed by atoms with Crippen LogP contribution in [0.2, 0.25) is 0 Å². The maximum absolute atomic E-state index is 12.8. The lowest BCUT2D eigenvalue weighted by molar-refractivity contribution is 0.491. The van der Waals surface area contributed by atoms with Gasteiger partial charge in [-0.25, -0.2) is 13.1 Å². The maximum atomic E-state index is 12.8. The minimum atomic E-state index is -3.61. The molecule has 0 radical (unpaired) electrons. The molecule has 0 bridgehead atoms. The molecule has 1 aliphatic heterocycles. The first-order chi connectivity index (χ1) is 13.2. The van der Waals surface area contributed by atoms with E-state index in [9.17, 15) is 8.42 Å². The number of nitrogens with one attached hydrogen (secondary N) is 2. The van der Waals surface area contributed by atoms with Crippen molar-refractivity contribution in [2.24, 2.45) is 4.99 Å². The molecule has 0 aromatic heterocycles. The largest absolute Gasteiger partial charge is 0.352 e. The number of guanidine groups is 1. The van der Waals surface area contributed by atoms with E-state index in [2.05, 4.69) is 32.1 Å². The van der Waals surface area contributed by atoms with E-state index in [0.29, 0.717) is 12.1 Å². The predicted molar refractivity (Wildman–Crippen MR) is 114 cm³/mol. The summed E-state index contributed by atoms with van der Waals surface area (Å²) >= 11 is 0. The zero-order valence-electron chi connectivity index (χ0n) is 16.9. The number of anilines is 1. The zero-order valence-corrected chi connectivity index (χ0v) is 17.7. The summed E-state index contributed by atoms with van der Waals surface area (Å²) in [5.74, 6) is 0.737. The van der Waals surface area contributed by atoms with Gasteiger partial charge < -0.3 is 10.2 Å². The van der Waals surface area contributed by atoms with Crippen molar-refractivity contribution in [3.8, 4) is 0 Å². The molecule has 1 aliphatic rings. The Bertz CT molecular complexity index is 978. The van der Waals surface area contributed by atoms with Crippen LogP contribution in [0.5, 0.6) is 0 Å². The van der Waals surface area contributed by atoms with Gasteiger partial charge in [0.25, 0.3) is 0 Å². The van der Waals surface area contributed by atoms with Crippen molar-refractivity contribution < 1.29 is 8.42 Å². The quantitative estimate of drug-likeness (QED) is 0.611. The Morgan fingerprint density at radius 1 is 1.11 bits per heavy atom. The second-order valence-corrected chi connectivity index (χ2v) is 9.55. The number of nitrogens with zero attached hydrogens (tertiary/aromatic N) is 2. The smallest absolute Gasteiger partial charge is 0.241 e. The molecule has 0 saturated heterocycles. The molecule has 0 atom stereocenters. The van der Waals surface area contributed by atoms with Gasteiger partial charge in [-0.3, -0.25) is 4.99 Å². The molecule has 2 aromatic carbocycles. The lowest BCUT2D eigenvalue weighted by atomic mass is 10.1. The summed E-state index contributed by atoms with van der Waals surface area (Å²) in [6.45, 7) is 6.71. The van der Waals surface area contributed by atoms with Crippen LogP contribution in [0.3, 0.4) is 0 Å². The van der Waals surface area contributed by atoms with E-state index in [1.165, 1.54) is 5.56 Å². The van der Waals surface area contributed by atoms with Crippen molar-refractivity contribution in [2.45, 2.75) is 44.2 Å². The van der Waals surface area contributed by atoms with E-state index >= 15 is 0 Å². The summed E-state index contributed by atoms with van der Waals surface area (Å²) in [6.07, 6.45) is 0.970. The van der Waals surface area contributed by atoms with Gasteiger partial charge in [-0.2, -0.15) is 0 Å². The summed E-state index contributed by atoms with van der Waals surface area (Å²) in [6, 6.07) is 15.3. The maximum Gasteiger partial charge on any atom is 0.241 e. The molecular formula is C21H28N4O2S. The molecule has 2 N–H and O–H groups in total. The molecule has 2 aromatic rings. The standard InChI is InChI=1S/C21H28N4O2S/c1-21(2,3)24-28(26,27)19-12-8-6-10-17(19)15-23-20(22-4)25-14-13-16-9-5-7-11-18(16)25/h5-12,24H,13-15H2,1-4H3,(H,22,23). The number of fused-ring (bicyclic) bond motifs is 1. The van der Waals surface area contributed by atoms with Gasteiger partial charge in [-0.05, 0) is 50.5 Å². The van der Waals surface area contributed by atoms with E-state index in [4.69, 9.17) is 0 Å². The molecule has 150 valence electrons. The van der Waals surface area contributed by atoms with Crippen LogP contribution in [0.25, 0.3) is 0 Å². The van der Waals surface area contributed by atoms with Crippen LogP contribution in [-0.4, -0.2) is 33.5 Å². The Labute approximate surface area is 167 Å². The summed E-state index contributed by atoms with van der Waals surface area (Å²) in [5, 5.41) is 3.33. The fraction of sp³-hybridized carbons (Fsp3) is 0.381. The van der Waals surface area contributed by atoms with E-state index in [0.717, 1.165) is 24.6 Å². The summed E-state index contributed by atoms with van der Waals surface area (Å²) in [5.41, 5.74) is 2.59. The van der Waals surface area contributed by atoms with Crippen LogP contribution in [0, 0.1) is 0 Å². The Hall–Kier alpha value is -2.38. The van der Waals surface area contributed by atoms with Crippen molar-refractivity contribution in [2.75, 3.05) is 18.5 Å². The fourth-order valence-corrected chi connectivity index (χ4v) is 5.06. The highest BCUT2D eigenvalue weighted by atomic mass is 32.2. The van der Waals surface area contributed by atoms with Crippen LogP contribution in [0.15, 0.2) is 58.4 Å². The number of hydrogen-bond donors (Lipinski definition) is 2. The summed E-state index contributed by atoms with van der Waals surface area (Å²) < 4.78 is 28.4. The number of para-hydroxylation sites is 1. The summed E-state index contributed by atoms with van der Waals surface area (Å²) in [4.78, 5) is 6.83. The summed E-state index contributed by atoms with van der Waals surface area (Å²) in [7, 11) is -1.87. The van der Waals surface area contributed by atoms with Crippen LogP contribution in [-0.2, 0) is 23.0 Å². The molecule has 0 saturated carbocycles. The molecule has 0 spiro atoms. The fourth-order valence-electron chi connectivity index (χ4n) is 3.40. The van der Waals surface area contributed by atoms with Gasteiger partial charge in [0.05, 0.1) is 4.90 Å². The first-order valence-electron chi connectivity index (χ1n) is 9.39. The van der Waals surface area contributed by atoms with Crippen molar-refractivity contribution in [1.82, 2.24) is 10.0 Å². The van der Waals surface area contributed by atoms with E-state index < -0.39 is 15.6 Å². The highest BCUT2D eigenvalue weighted by molar-refractivity contribution is 7.89. The lowest BCUT2D eigenvalue weighted by Crippen LogP contribution is -2.42. The zero-order chi connectivity index (χ0) is 20.4. The SMILES string of the molecule is CN=C(NCc1ccccc1S(=O)(=O)NC(C)(C)C)N1CCc2ccccc21. The molecule has 1 heterocycles. The van der Waals surface area contributed by atoms with Gasteiger partial charge >= 0.3 is 0 Å². The number of hydrogen-bond acceptors (Lipinski definition) is 3. The molecule has 0 unspecified atom stereocenters. The molecule has 28 heavy (non-hydrogen) atoms. The number of sulfonamides is 1. The minimum absolute atomic E-state index is 0.287. The number of rotatable bonds is 4. The van der Waals surface area contributed by atoms with Gasteiger partial charge in [-0.1, -0.05) is 36.4 Å². The second-order valence-electron chi connectivity index (χ2n) is 7.89. The van der Waals surface area contributed by atoms with E-state index in [-0.39, 0.29) is 4.90 Å². The van der Waals surface area contributed by atoms with Crippen molar-refractivity contribution in [1.29, 1.82) is 0 Å². The Morgan fingerprint density at radius 3 is 2.50 bits per heavy atom. The third kappa shape index (κ3) is 4.54. The van der Waals surface area contributed by atoms with Gasteiger partial charge in [0.15, 0.2) is 5.96 Å². The molecule has 3 rings (SSSR count). The van der Waals surface area contributed by atoms with Crippen LogP contribution in [0.1, 0.15) is 31.9 Å². The predicted octanol–water partition coefficient (Wildman–Crippen LogP) is 2.90. The van der Waals surface area contributed by atoms with Crippen molar-refractivity contribution >= 4 is 21.7 Å². The monoisotopic (exact) mass is 400 g/mol. The third-order valence-corrected chi connectivity index (χ3v) is 6.35. The van der Waals surface area contributed by atoms with Crippen LogP contribution in [0.4, 0.5) is 5.69 Å². The van der Waals surface area contributed by atoms with Gasteiger partial charge in [0.2, 0.25) is 10.0 Å². The minimum Gasteiger partial charge on any atom is -0.352 e. The lowest BCUT2D eigenvalue weighted by Gasteiger charge is -2.24. The van der Waals surface area contributed by atoms with E-state index in [1.807, 2.05) is 45.0 Å². The Balaban J connectivity index is 1.80. The Kier molecular flexibility index (Phi) is 5.76. The molecule has 7 heteroatoms. The molecule has 0 amide bonds.